The van der Waals surface area contributed by atoms with E-state index in [1.54, 1.807) is 0 Å². The number of nitrogens with zero attached hydrogens (tertiary/aromatic N) is 2. The third kappa shape index (κ3) is 6.52. The summed E-state index contributed by atoms with van der Waals surface area (Å²) in [5.74, 6) is -0.592. The van der Waals surface area contributed by atoms with Crippen LogP contribution in [0.3, 0.4) is 0 Å². The Morgan fingerprint density at radius 2 is 1.85 bits per heavy atom. The van der Waals surface area contributed by atoms with Crippen LogP contribution in [0.15, 0.2) is 53.4 Å². The summed E-state index contributed by atoms with van der Waals surface area (Å²) in [6.07, 6.45) is 0.498. The van der Waals surface area contributed by atoms with Crippen LogP contribution in [-0.2, 0) is 26.0 Å². The molecule has 0 saturated carbocycles. The van der Waals surface area contributed by atoms with E-state index in [1.165, 1.54) is 23.4 Å². The van der Waals surface area contributed by atoms with Crippen molar-refractivity contribution in [3.63, 3.8) is 0 Å². The highest BCUT2D eigenvalue weighted by Crippen LogP contribution is 2.32. The van der Waals surface area contributed by atoms with Crippen LogP contribution in [0, 0.1) is 10.1 Å². The maximum atomic E-state index is 12.8. The van der Waals surface area contributed by atoms with Crippen LogP contribution in [0.1, 0.15) is 25.8 Å². The molecule has 2 aromatic carbocycles. The number of morpholine rings is 1. The van der Waals surface area contributed by atoms with Crippen LogP contribution in [0.25, 0.3) is 0 Å². The lowest BCUT2D eigenvalue weighted by Gasteiger charge is -2.26. The number of ether oxygens (including phenoxy) is 2. The van der Waals surface area contributed by atoms with Crippen LogP contribution >= 0.6 is 0 Å². The summed E-state index contributed by atoms with van der Waals surface area (Å²) in [5, 5.41) is 14.5. The van der Waals surface area contributed by atoms with Gasteiger partial charge in [-0.15, -0.1) is 0 Å². The Balaban J connectivity index is 1.65. The molecule has 2 atom stereocenters. The lowest BCUT2D eigenvalue weighted by molar-refractivity contribution is -0.386. The third-order valence-electron chi connectivity index (χ3n) is 5.51. The second kappa shape index (κ2) is 11.4. The van der Waals surface area contributed by atoms with Gasteiger partial charge in [-0.3, -0.25) is 14.9 Å². The highest BCUT2D eigenvalue weighted by molar-refractivity contribution is 7.89. The fourth-order valence-corrected chi connectivity index (χ4v) is 4.97. The number of aryl methyl sites for hydroxylation is 1. The number of benzene rings is 2. The second-order valence-electron chi connectivity index (χ2n) is 8.10. The van der Waals surface area contributed by atoms with Gasteiger partial charge in [-0.2, -0.15) is 4.31 Å². The van der Waals surface area contributed by atoms with Gasteiger partial charge in [0.2, 0.25) is 10.0 Å². The van der Waals surface area contributed by atoms with Crippen molar-refractivity contribution in [3.8, 4) is 5.75 Å². The summed E-state index contributed by atoms with van der Waals surface area (Å²) in [4.78, 5) is 23.3. The van der Waals surface area contributed by atoms with Crippen molar-refractivity contribution in [2.45, 2.75) is 43.7 Å². The van der Waals surface area contributed by atoms with E-state index in [4.69, 9.17) is 9.47 Å². The maximum absolute atomic E-state index is 12.8. The molecule has 1 aliphatic heterocycles. The Morgan fingerprint density at radius 1 is 1.18 bits per heavy atom. The molecule has 0 radical (unpaired) electrons. The summed E-state index contributed by atoms with van der Waals surface area (Å²) < 4.78 is 37.6. The van der Waals surface area contributed by atoms with Gasteiger partial charge < -0.3 is 14.8 Å². The smallest absolute Gasteiger partial charge is 0.312 e. The van der Waals surface area contributed by atoms with Crippen molar-refractivity contribution in [2.75, 3.05) is 26.3 Å². The Hall–Kier alpha value is -3.02. The van der Waals surface area contributed by atoms with E-state index >= 15 is 0 Å². The van der Waals surface area contributed by atoms with Gasteiger partial charge in [-0.1, -0.05) is 30.3 Å². The number of hydrogen-bond donors (Lipinski definition) is 1. The number of sulfonamides is 1. The zero-order chi connectivity index (χ0) is 24.7. The summed E-state index contributed by atoms with van der Waals surface area (Å²) in [6, 6.07) is 13.2. The van der Waals surface area contributed by atoms with Gasteiger partial charge in [0, 0.05) is 25.2 Å². The van der Waals surface area contributed by atoms with E-state index in [0.717, 1.165) is 24.5 Å². The molecule has 184 valence electrons. The molecule has 1 amide bonds. The van der Waals surface area contributed by atoms with Crippen molar-refractivity contribution in [1.29, 1.82) is 0 Å². The summed E-state index contributed by atoms with van der Waals surface area (Å²) in [6.45, 7) is 4.24. The number of carbonyl (C=O) groups is 1. The number of hydrogen-bond acceptors (Lipinski definition) is 7. The minimum absolute atomic E-state index is 0.130. The van der Waals surface area contributed by atoms with Crippen molar-refractivity contribution < 1.29 is 27.6 Å². The van der Waals surface area contributed by atoms with Gasteiger partial charge in [0.25, 0.3) is 5.91 Å². The average molecular weight is 492 g/mol. The summed E-state index contributed by atoms with van der Waals surface area (Å²) >= 11 is 0. The van der Waals surface area contributed by atoms with E-state index in [0.29, 0.717) is 0 Å². The number of nitrogens with one attached hydrogen (secondary N) is 1. The van der Waals surface area contributed by atoms with Gasteiger partial charge in [-0.25, -0.2) is 8.42 Å². The Labute approximate surface area is 199 Å². The van der Waals surface area contributed by atoms with E-state index in [9.17, 15) is 23.3 Å². The quantitative estimate of drug-likeness (QED) is 0.399. The van der Waals surface area contributed by atoms with Gasteiger partial charge in [0.05, 0.1) is 23.0 Å². The van der Waals surface area contributed by atoms with Crippen molar-refractivity contribution in [2.24, 2.45) is 0 Å². The second-order valence-corrected chi connectivity index (χ2v) is 10.0. The third-order valence-corrected chi connectivity index (χ3v) is 7.40. The van der Waals surface area contributed by atoms with Gasteiger partial charge in [-0.05, 0) is 44.4 Å². The fourth-order valence-electron chi connectivity index (χ4n) is 3.54. The fraction of sp³-hybridized carbons (Fsp3) is 0.435. The van der Waals surface area contributed by atoms with Gasteiger partial charge in [0.15, 0.2) is 11.9 Å². The Kier molecular flexibility index (Phi) is 8.59. The first-order chi connectivity index (χ1) is 16.2. The standard InChI is InChI=1S/C23H29N3O7S/c1-17(8-9-19-6-4-3-5-7-19)24-23(27)18(2)33-22-11-10-20(16-21(22)26(28)29)34(30,31)25-12-14-32-15-13-25/h3-7,10-11,16-18H,8-9,12-15H2,1-2H3,(H,24,27). The Bertz CT molecular complexity index is 1100. The molecule has 0 spiro atoms. The highest BCUT2D eigenvalue weighted by Gasteiger charge is 2.30. The lowest BCUT2D eigenvalue weighted by atomic mass is 10.1. The molecule has 1 saturated heterocycles. The molecule has 3 rings (SSSR count). The molecule has 1 heterocycles. The minimum atomic E-state index is -3.91. The highest BCUT2D eigenvalue weighted by atomic mass is 32.2. The number of carbonyl (C=O) groups excluding carboxylic acids is 1. The minimum Gasteiger partial charge on any atom is -0.474 e. The first kappa shape index (κ1) is 25.6. The largest absolute Gasteiger partial charge is 0.474 e. The molecule has 0 aliphatic carbocycles. The topological polar surface area (TPSA) is 128 Å². The molecule has 10 nitrogen and oxygen atoms in total. The van der Waals surface area contributed by atoms with E-state index in [-0.39, 0.29) is 43.0 Å². The number of nitro groups is 1. The van der Waals surface area contributed by atoms with Gasteiger partial charge in [0.1, 0.15) is 0 Å². The van der Waals surface area contributed by atoms with Crippen LogP contribution in [-0.4, -0.2) is 62.0 Å². The lowest BCUT2D eigenvalue weighted by Crippen LogP contribution is -2.41. The molecule has 1 fully saturated rings. The molecular weight excluding hydrogens is 462 g/mol. The molecule has 1 N–H and O–H groups in total. The first-order valence-corrected chi connectivity index (χ1v) is 12.5. The first-order valence-electron chi connectivity index (χ1n) is 11.1. The molecule has 2 unspecified atom stereocenters. The van der Waals surface area contributed by atoms with Crippen LogP contribution in [0.2, 0.25) is 0 Å². The van der Waals surface area contributed by atoms with E-state index in [1.807, 2.05) is 37.3 Å². The number of amides is 1. The van der Waals surface area contributed by atoms with Crippen molar-refractivity contribution >= 4 is 21.6 Å². The average Bonchev–Trinajstić information content (AvgIpc) is 2.83. The maximum Gasteiger partial charge on any atom is 0.312 e. The SMILES string of the molecule is CC(CCc1ccccc1)NC(=O)C(C)Oc1ccc(S(=O)(=O)N2CCOCC2)cc1[N+](=O)[O-]. The predicted octanol–water partition coefficient (Wildman–Crippen LogP) is 2.52. The molecule has 0 aromatic heterocycles. The van der Waals surface area contributed by atoms with Crippen molar-refractivity contribution in [3.05, 3.63) is 64.2 Å². The molecule has 1 aliphatic rings. The van der Waals surface area contributed by atoms with Gasteiger partial charge >= 0.3 is 5.69 Å². The van der Waals surface area contributed by atoms with E-state index in [2.05, 4.69) is 5.32 Å². The number of nitro benzene ring substituents is 1. The van der Waals surface area contributed by atoms with Crippen LogP contribution < -0.4 is 10.1 Å². The zero-order valence-corrected chi connectivity index (χ0v) is 20.0. The number of rotatable bonds is 10. The molecule has 2 aromatic rings. The van der Waals surface area contributed by atoms with Crippen LogP contribution in [0.4, 0.5) is 5.69 Å². The monoisotopic (exact) mass is 491 g/mol. The molecule has 34 heavy (non-hydrogen) atoms. The predicted molar refractivity (Wildman–Crippen MR) is 125 cm³/mol. The van der Waals surface area contributed by atoms with Crippen molar-refractivity contribution in [1.82, 2.24) is 9.62 Å². The molecule has 11 heteroatoms. The summed E-state index contributed by atoms with van der Waals surface area (Å²) in [7, 11) is -3.91. The summed E-state index contributed by atoms with van der Waals surface area (Å²) in [5.41, 5.74) is 0.641. The zero-order valence-electron chi connectivity index (χ0n) is 19.2. The molecular formula is C23H29N3O7S. The van der Waals surface area contributed by atoms with Crippen LogP contribution in [0.5, 0.6) is 5.75 Å². The Morgan fingerprint density at radius 3 is 2.50 bits per heavy atom. The van der Waals surface area contributed by atoms with E-state index < -0.39 is 32.6 Å². The molecule has 0 bridgehead atoms. The normalized spacial score (nSPS) is 16.4.